The SMILES string of the molecule is CCOc1nc(C(=O)N2CCN(c3cccc4cnccc34)CC2C)co1. The van der Waals surface area contributed by atoms with Gasteiger partial charge in [-0.1, -0.05) is 12.1 Å². The molecule has 0 saturated carbocycles. The first kappa shape index (κ1) is 17.3. The van der Waals surface area contributed by atoms with E-state index in [9.17, 15) is 4.79 Å². The van der Waals surface area contributed by atoms with E-state index < -0.39 is 0 Å². The molecule has 4 rings (SSSR count). The van der Waals surface area contributed by atoms with Crippen molar-refractivity contribution in [3.05, 3.63) is 48.6 Å². The van der Waals surface area contributed by atoms with Gasteiger partial charge in [-0.25, -0.2) is 0 Å². The lowest BCUT2D eigenvalue weighted by Gasteiger charge is -2.41. The normalized spacial score (nSPS) is 17.3. The number of benzene rings is 1. The molecule has 27 heavy (non-hydrogen) atoms. The van der Waals surface area contributed by atoms with Crippen molar-refractivity contribution in [2.45, 2.75) is 19.9 Å². The van der Waals surface area contributed by atoms with Gasteiger partial charge in [0, 0.05) is 54.5 Å². The summed E-state index contributed by atoms with van der Waals surface area (Å²) in [4.78, 5) is 25.3. The maximum absolute atomic E-state index is 12.8. The predicted molar refractivity (Wildman–Crippen MR) is 102 cm³/mol. The van der Waals surface area contributed by atoms with Crippen LogP contribution in [0, 0.1) is 0 Å². The minimum absolute atomic E-state index is 0.0515. The van der Waals surface area contributed by atoms with Crippen LogP contribution in [0.5, 0.6) is 6.08 Å². The topological polar surface area (TPSA) is 71.7 Å². The van der Waals surface area contributed by atoms with Gasteiger partial charge in [0.05, 0.1) is 6.61 Å². The summed E-state index contributed by atoms with van der Waals surface area (Å²) in [5, 5.41) is 2.30. The van der Waals surface area contributed by atoms with Crippen molar-refractivity contribution < 1.29 is 13.9 Å². The second-order valence-electron chi connectivity index (χ2n) is 6.60. The van der Waals surface area contributed by atoms with Gasteiger partial charge in [-0.2, -0.15) is 4.98 Å². The molecule has 140 valence electrons. The summed E-state index contributed by atoms with van der Waals surface area (Å²) in [6.07, 6.45) is 5.19. The highest BCUT2D eigenvalue weighted by Crippen LogP contribution is 2.28. The van der Waals surface area contributed by atoms with Crippen LogP contribution in [0.4, 0.5) is 5.69 Å². The van der Waals surface area contributed by atoms with Gasteiger partial charge in [0.25, 0.3) is 5.91 Å². The molecule has 7 heteroatoms. The van der Waals surface area contributed by atoms with Crippen molar-refractivity contribution in [1.29, 1.82) is 0 Å². The summed E-state index contributed by atoms with van der Waals surface area (Å²) >= 11 is 0. The number of nitrogens with zero attached hydrogens (tertiary/aromatic N) is 4. The van der Waals surface area contributed by atoms with E-state index in [1.165, 1.54) is 17.3 Å². The summed E-state index contributed by atoms with van der Waals surface area (Å²) in [5.74, 6) is -0.126. The smallest absolute Gasteiger partial charge is 0.394 e. The number of anilines is 1. The number of aromatic nitrogens is 2. The Morgan fingerprint density at radius 1 is 1.33 bits per heavy atom. The number of ether oxygens (including phenoxy) is 1. The number of hydrogen-bond acceptors (Lipinski definition) is 6. The van der Waals surface area contributed by atoms with Crippen LogP contribution in [0.25, 0.3) is 10.8 Å². The molecule has 1 unspecified atom stereocenters. The van der Waals surface area contributed by atoms with Crippen LogP contribution in [-0.2, 0) is 0 Å². The largest absolute Gasteiger partial charge is 0.450 e. The van der Waals surface area contributed by atoms with E-state index >= 15 is 0 Å². The summed E-state index contributed by atoms with van der Waals surface area (Å²) in [6, 6.07) is 8.33. The average Bonchev–Trinajstić information content (AvgIpc) is 3.16. The second kappa shape index (κ2) is 7.26. The first-order chi connectivity index (χ1) is 13.2. The van der Waals surface area contributed by atoms with Crippen molar-refractivity contribution in [3.8, 4) is 6.08 Å². The predicted octanol–water partition coefficient (Wildman–Crippen LogP) is 2.97. The molecule has 1 atom stereocenters. The number of oxazole rings is 1. The van der Waals surface area contributed by atoms with Gasteiger partial charge >= 0.3 is 6.08 Å². The van der Waals surface area contributed by atoms with Crippen LogP contribution in [-0.4, -0.2) is 53.1 Å². The molecule has 2 aromatic heterocycles. The van der Waals surface area contributed by atoms with E-state index in [-0.39, 0.29) is 23.7 Å². The zero-order valence-corrected chi connectivity index (χ0v) is 15.5. The number of amides is 1. The second-order valence-corrected chi connectivity index (χ2v) is 6.60. The molecule has 0 aliphatic carbocycles. The third-order valence-corrected chi connectivity index (χ3v) is 4.86. The lowest BCUT2D eigenvalue weighted by Crippen LogP contribution is -2.54. The molecule has 1 saturated heterocycles. The molecule has 0 N–H and O–H groups in total. The van der Waals surface area contributed by atoms with Crippen LogP contribution < -0.4 is 9.64 Å². The summed E-state index contributed by atoms with van der Waals surface area (Å²) < 4.78 is 10.4. The quantitative estimate of drug-likeness (QED) is 0.707. The number of piperazine rings is 1. The lowest BCUT2D eigenvalue weighted by molar-refractivity contribution is 0.0668. The Labute approximate surface area is 157 Å². The minimum atomic E-state index is -0.126. The monoisotopic (exact) mass is 366 g/mol. The zero-order chi connectivity index (χ0) is 18.8. The Hall–Kier alpha value is -3.09. The molecule has 1 aliphatic heterocycles. The maximum atomic E-state index is 12.8. The summed E-state index contributed by atoms with van der Waals surface area (Å²) in [5.41, 5.74) is 1.46. The lowest BCUT2D eigenvalue weighted by atomic mass is 10.1. The zero-order valence-electron chi connectivity index (χ0n) is 15.5. The first-order valence-corrected chi connectivity index (χ1v) is 9.14. The fourth-order valence-corrected chi connectivity index (χ4v) is 3.55. The van der Waals surface area contributed by atoms with E-state index in [1.807, 2.05) is 36.4 Å². The fraction of sp³-hybridized carbons (Fsp3) is 0.350. The van der Waals surface area contributed by atoms with Crippen molar-refractivity contribution in [2.75, 3.05) is 31.1 Å². The molecule has 1 fully saturated rings. The Morgan fingerprint density at radius 3 is 3.04 bits per heavy atom. The van der Waals surface area contributed by atoms with Crippen LogP contribution in [0.2, 0.25) is 0 Å². The Morgan fingerprint density at radius 2 is 2.22 bits per heavy atom. The van der Waals surface area contributed by atoms with E-state index in [0.29, 0.717) is 13.2 Å². The van der Waals surface area contributed by atoms with Gasteiger partial charge in [-0.05, 0) is 26.0 Å². The van der Waals surface area contributed by atoms with E-state index in [4.69, 9.17) is 9.15 Å². The molecule has 1 amide bonds. The number of pyridine rings is 1. The number of hydrogen-bond donors (Lipinski definition) is 0. The Bertz CT molecular complexity index is 950. The van der Waals surface area contributed by atoms with Gasteiger partial charge in [-0.3, -0.25) is 9.78 Å². The number of carbonyl (C=O) groups is 1. The molecular weight excluding hydrogens is 344 g/mol. The molecule has 3 aromatic rings. The van der Waals surface area contributed by atoms with Crippen molar-refractivity contribution in [3.63, 3.8) is 0 Å². The van der Waals surface area contributed by atoms with Crippen LogP contribution in [0.15, 0.2) is 47.3 Å². The third-order valence-electron chi connectivity index (χ3n) is 4.86. The first-order valence-electron chi connectivity index (χ1n) is 9.14. The molecule has 1 aliphatic rings. The van der Waals surface area contributed by atoms with Gasteiger partial charge < -0.3 is 19.0 Å². The fourth-order valence-electron chi connectivity index (χ4n) is 3.55. The standard InChI is InChI=1S/C20H22N4O3/c1-3-26-20-22-17(13-27-20)19(25)24-10-9-23(12-14(24)2)18-6-4-5-15-11-21-8-7-16(15)18/h4-8,11,13-14H,3,9-10,12H2,1-2H3. The highest BCUT2D eigenvalue weighted by atomic mass is 16.6. The Balaban J connectivity index is 1.51. The van der Waals surface area contributed by atoms with Crippen molar-refractivity contribution in [1.82, 2.24) is 14.9 Å². The van der Waals surface area contributed by atoms with Crippen LogP contribution in [0.3, 0.4) is 0 Å². The number of rotatable bonds is 4. The van der Waals surface area contributed by atoms with Gasteiger partial charge in [-0.15, -0.1) is 0 Å². The van der Waals surface area contributed by atoms with Crippen LogP contribution >= 0.6 is 0 Å². The molecule has 1 aromatic carbocycles. The molecule has 0 spiro atoms. The summed E-state index contributed by atoms with van der Waals surface area (Å²) in [7, 11) is 0. The van der Waals surface area contributed by atoms with Gasteiger partial charge in [0.1, 0.15) is 6.26 Å². The number of carbonyl (C=O) groups excluding carboxylic acids is 1. The van der Waals surface area contributed by atoms with E-state index in [1.54, 1.807) is 0 Å². The number of fused-ring (bicyclic) bond motifs is 1. The van der Waals surface area contributed by atoms with Gasteiger partial charge in [0.2, 0.25) is 0 Å². The third kappa shape index (κ3) is 3.32. The highest BCUT2D eigenvalue weighted by molar-refractivity contribution is 5.94. The van der Waals surface area contributed by atoms with Gasteiger partial charge in [0.15, 0.2) is 5.69 Å². The van der Waals surface area contributed by atoms with E-state index in [2.05, 4.69) is 33.9 Å². The highest BCUT2D eigenvalue weighted by Gasteiger charge is 2.30. The minimum Gasteiger partial charge on any atom is -0.450 e. The molecule has 0 radical (unpaired) electrons. The van der Waals surface area contributed by atoms with Crippen molar-refractivity contribution >= 4 is 22.4 Å². The molecular formula is C20H22N4O3. The van der Waals surface area contributed by atoms with Crippen LogP contribution in [0.1, 0.15) is 24.3 Å². The Kier molecular flexibility index (Phi) is 4.66. The van der Waals surface area contributed by atoms with Crippen molar-refractivity contribution in [2.24, 2.45) is 0 Å². The molecule has 0 bridgehead atoms. The summed E-state index contributed by atoms with van der Waals surface area (Å²) in [6.45, 7) is 6.48. The molecule has 3 heterocycles. The van der Waals surface area contributed by atoms with E-state index in [0.717, 1.165) is 18.5 Å². The molecule has 7 nitrogen and oxygen atoms in total. The average molecular weight is 366 g/mol. The maximum Gasteiger partial charge on any atom is 0.394 e.